The van der Waals surface area contributed by atoms with Crippen LogP contribution in [-0.2, 0) is 50.8 Å². The molecule has 546 valence electrons. The first kappa shape index (κ1) is 80.8. The molecule has 2 unspecified atom stereocenters. The molecule has 6 aromatic carbocycles. The highest BCUT2D eigenvalue weighted by Crippen LogP contribution is 2.40. The maximum Gasteiger partial charge on any atom is 0.338 e. The zero-order chi connectivity index (χ0) is 73.7. The van der Waals surface area contributed by atoms with Gasteiger partial charge >= 0.3 is 11.9 Å². The molecule has 0 amide bonds. The number of aryl methyl sites for hydroxylation is 2. The van der Waals surface area contributed by atoms with Gasteiger partial charge in [0.2, 0.25) is 0 Å². The van der Waals surface area contributed by atoms with Gasteiger partial charge in [0.05, 0.1) is 77.7 Å². The lowest BCUT2D eigenvalue weighted by Gasteiger charge is -2.44. The van der Waals surface area contributed by atoms with Crippen molar-refractivity contribution in [2.24, 2.45) is 0 Å². The van der Waals surface area contributed by atoms with Crippen molar-refractivity contribution in [3.05, 3.63) is 214 Å². The first-order valence-electron chi connectivity index (χ1n) is 35.0. The number of carbonyl (C=O) groups is 2. The second kappa shape index (κ2) is 37.1. The number of esters is 1. The summed E-state index contributed by atoms with van der Waals surface area (Å²) < 4.78 is 73.7. The van der Waals surface area contributed by atoms with Crippen LogP contribution in [0.5, 0.6) is 23.0 Å². The van der Waals surface area contributed by atoms with Gasteiger partial charge in [-0.05, 0) is 184 Å². The molecule has 6 aromatic rings. The molecule has 2 aliphatic heterocycles. The largest absolute Gasteiger partial charge is 0.497 e. The molecule has 0 aliphatic carbocycles. The van der Waals surface area contributed by atoms with Crippen LogP contribution in [-0.4, -0.2) is 134 Å². The topological polar surface area (TPSA) is 185 Å². The monoisotopic (exact) mass is 1420 g/mol. The summed E-state index contributed by atoms with van der Waals surface area (Å²) in [5, 5.41) is 21.8. The fourth-order valence-electron chi connectivity index (χ4n) is 12.7. The number of hydrogen-bond acceptors (Lipinski definition) is 15. The van der Waals surface area contributed by atoms with Gasteiger partial charge in [0.25, 0.3) is 8.32 Å². The lowest BCUT2D eigenvalue weighted by molar-refractivity contribution is -0.156. The smallest absolute Gasteiger partial charge is 0.338 e. The highest BCUT2D eigenvalue weighted by molar-refractivity contribution is 6.99. The number of carboxylic acids is 1. The van der Waals surface area contributed by atoms with Crippen molar-refractivity contribution in [3.63, 3.8) is 0 Å². The van der Waals surface area contributed by atoms with E-state index >= 15 is 0 Å². The van der Waals surface area contributed by atoms with Crippen molar-refractivity contribution in [3.8, 4) is 23.0 Å². The van der Waals surface area contributed by atoms with Crippen LogP contribution in [0.3, 0.4) is 0 Å². The average Bonchev–Trinajstić information content (AvgIpc) is 1.48. The highest BCUT2D eigenvalue weighted by Gasteiger charge is 2.51. The summed E-state index contributed by atoms with van der Waals surface area (Å²) in [6.45, 7) is 30.0. The van der Waals surface area contributed by atoms with E-state index < -0.39 is 64.5 Å². The average molecular weight is 1420 g/mol. The van der Waals surface area contributed by atoms with Gasteiger partial charge in [-0.25, -0.2) is 9.59 Å². The molecule has 2 N–H and O–H groups in total. The van der Waals surface area contributed by atoms with E-state index in [1.54, 1.807) is 60.5 Å². The zero-order valence-electron chi connectivity index (χ0n) is 62.7. The summed E-state index contributed by atoms with van der Waals surface area (Å²) in [5.74, 6) is -0.186. The van der Waals surface area contributed by atoms with Gasteiger partial charge in [-0.1, -0.05) is 174 Å². The number of aliphatic hydroxyl groups is 1. The fourth-order valence-corrected chi connectivity index (χ4v) is 18.1. The van der Waals surface area contributed by atoms with Gasteiger partial charge in [-0.2, -0.15) is 0 Å². The molecule has 101 heavy (non-hydrogen) atoms. The molecule has 0 saturated carbocycles. The molecule has 2 saturated heterocycles. The van der Waals surface area contributed by atoms with Crippen molar-refractivity contribution >= 4 is 50.9 Å². The quantitative estimate of drug-likeness (QED) is 0.0225. The number of carboxylic acid groups (broad SMARTS) is 1. The molecule has 2 fully saturated rings. The number of hydrogen-bond donors (Lipinski definition) is 2. The number of aromatic carboxylic acids is 1. The molecule has 2 aliphatic rings. The molecule has 0 spiro atoms. The number of methoxy groups -OCH3 is 4. The van der Waals surface area contributed by atoms with E-state index in [2.05, 4.69) is 120 Å². The predicted molar refractivity (Wildman–Crippen MR) is 406 cm³/mol. The van der Waals surface area contributed by atoms with Gasteiger partial charge in [0.15, 0.2) is 11.6 Å². The van der Waals surface area contributed by atoms with E-state index in [0.29, 0.717) is 73.7 Å². The number of carbonyl (C=O) groups excluding carboxylic acids is 1. The SMILES string of the molecule is COc1ccc(COC(/C=C\C[C@@H](C)O[Si](c2ccccc2)(c2ccccc2)C(C)(C)C)[C@H]2OC(C)(C)O[C@H]2C/C=C/c2cc(OC)cc(C)c2C(=O)OCC[Si](C)(C)C)cc1.COc1ccc(COC(/C=C\C[C@H](C)O)[C@H]2OC(C)(C)O[C@H]2C/C=C/c2cc(OC)cc(C)c2C(=O)O)cc1. The first-order chi connectivity index (χ1) is 47.9. The van der Waals surface area contributed by atoms with Gasteiger partial charge < -0.3 is 66.7 Å². The molecule has 18 heteroatoms. The number of rotatable bonds is 33. The van der Waals surface area contributed by atoms with Crippen molar-refractivity contribution in [1.29, 1.82) is 0 Å². The van der Waals surface area contributed by atoms with Gasteiger partial charge in [-0.15, -0.1) is 0 Å². The van der Waals surface area contributed by atoms with Gasteiger partial charge in [0, 0.05) is 14.2 Å². The lowest BCUT2D eigenvalue weighted by atomic mass is 9.99. The molecule has 8 rings (SSSR count). The lowest BCUT2D eigenvalue weighted by Crippen LogP contribution is -2.67. The Morgan fingerprint density at radius 1 is 0.564 bits per heavy atom. The van der Waals surface area contributed by atoms with Crippen LogP contribution in [0.2, 0.25) is 30.7 Å². The minimum Gasteiger partial charge on any atom is -0.497 e. The Bertz CT molecular complexity index is 3660. The van der Waals surface area contributed by atoms with Crippen LogP contribution >= 0.6 is 0 Å². The Morgan fingerprint density at radius 3 is 1.38 bits per heavy atom. The second-order valence-electron chi connectivity index (χ2n) is 29.1. The molecular weight excluding hydrogens is 1310 g/mol. The minimum atomic E-state index is -2.75. The van der Waals surface area contributed by atoms with E-state index in [1.807, 2.05) is 126 Å². The summed E-state index contributed by atoms with van der Waals surface area (Å²) in [6.07, 6.45) is 14.8. The van der Waals surface area contributed by atoms with Crippen LogP contribution in [0.1, 0.15) is 142 Å². The fraction of sp³-hybridized carbons (Fsp3) is 0.446. The molecule has 0 aromatic heterocycles. The number of ether oxygens (including phenoxy) is 11. The standard InChI is InChI=1S/C52H70O8Si2.C31H40O8/c1-38-35-43(55-9)36-41(48(38)50(53)56-33-34-61(10,11)12)22-20-28-47-49(59-52(6,7)58-47)46(57-37-40-29-31-42(54-8)32-30-40)27-19-21-39(2)60-62(51(3,4)5,44-23-15-13-16-24-44)45-25-17-14-18-26-45;1-20-17-25(36-6)18-23(28(20)30(33)34)10-8-12-27-29(39-31(3,4)38-27)26(11-7-9-21(2)32)37-19-22-13-15-24(35-5)16-14-22/h13-20,22-27,29-32,35-36,39,46-47,49H,21,28,33-34,37H2,1-12H3;7-8,10-11,13-18,21,26-27,29,32H,9,12,19H2,1-6H3,(H,33,34)/b22-20+,27-19-;10-8+,11-7-/t39-,46?,47+,49-;21-,26?,27-,29+/m10/s1. The highest BCUT2D eigenvalue weighted by atomic mass is 28.4. The number of aliphatic hydroxyl groups excluding tert-OH is 1. The van der Waals surface area contributed by atoms with Crippen LogP contribution in [0.4, 0.5) is 0 Å². The Kier molecular flexibility index (Phi) is 29.7. The molecule has 0 bridgehead atoms. The normalized spacial score (nSPS) is 18.9. The van der Waals surface area contributed by atoms with E-state index in [-0.39, 0.29) is 34.9 Å². The van der Waals surface area contributed by atoms with Crippen LogP contribution in [0, 0.1) is 13.8 Å². The molecule has 2 heterocycles. The molecule has 0 radical (unpaired) electrons. The third-order valence-corrected chi connectivity index (χ3v) is 24.5. The number of benzene rings is 6. The van der Waals surface area contributed by atoms with Crippen LogP contribution < -0.4 is 29.3 Å². The van der Waals surface area contributed by atoms with Crippen molar-refractivity contribution in [2.75, 3.05) is 35.0 Å². The van der Waals surface area contributed by atoms with Crippen LogP contribution in [0.25, 0.3) is 12.2 Å². The van der Waals surface area contributed by atoms with Gasteiger partial charge in [-0.3, -0.25) is 0 Å². The maximum atomic E-state index is 13.5. The Labute approximate surface area is 602 Å². The second-order valence-corrected chi connectivity index (χ2v) is 39.0. The van der Waals surface area contributed by atoms with Crippen LogP contribution in [0.15, 0.2) is 170 Å². The maximum absolute atomic E-state index is 13.5. The van der Waals surface area contributed by atoms with Crippen molar-refractivity contribution in [2.45, 2.75) is 206 Å². The Balaban J connectivity index is 0.000000315. The van der Waals surface area contributed by atoms with E-state index in [9.17, 15) is 19.8 Å². The predicted octanol–water partition coefficient (Wildman–Crippen LogP) is 16.5. The van der Waals surface area contributed by atoms with Crippen molar-refractivity contribution < 1.29 is 76.3 Å². The summed E-state index contributed by atoms with van der Waals surface area (Å²) in [6, 6.07) is 45.1. The third kappa shape index (κ3) is 23.5. The summed E-state index contributed by atoms with van der Waals surface area (Å²) in [7, 11) is 2.34. The Hall–Kier alpha value is -7.47. The Morgan fingerprint density at radius 2 is 0.980 bits per heavy atom. The van der Waals surface area contributed by atoms with Crippen molar-refractivity contribution in [1.82, 2.24) is 0 Å². The minimum absolute atomic E-state index is 0.0987. The van der Waals surface area contributed by atoms with Gasteiger partial charge in [0.1, 0.15) is 47.4 Å². The summed E-state index contributed by atoms with van der Waals surface area (Å²) in [4.78, 5) is 25.4. The molecular formula is C83H110O16Si2. The van der Waals surface area contributed by atoms with E-state index in [0.717, 1.165) is 39.8 Å². The summed E-state index contributed by atoms with van der Waals surface area (Å²) in [5.41, 5.74) is 5.47. The molecule has 16 nitrogen and oxygen atoms in total. The van der Waals surface area contributed by atoms with E-state index in [1.165, 1.54) is 10.4 Å². The zero-order valence-corrected chi connectivity index (χ0v) is 64.7. The molecule has 8 atom stereocenters. The van der Waals surface area contributed by atoms with E-state index in [4.69, 9.17) is 56.5 Å². The summed E-state index contributed by atoms with van der Waals surface area (Å²) >= 11 is 0. The third-order valence-electron chi connectivity index (χ3n) is 17.7. The first-order valence-corrected chi connectivity index (χ1v) is 40.6.